The van der Waals surface area contributed by atoms with Crippen molar-refractivity contribution in [3.05, 3.63) is 64.6 Å². The topological polar surface area (TPSA) is 89.6 Å². The number of carbonyl (C=O) groups excluding carboxylic acids is 1. The van der Waals surface area contributed by atoms with Crippen molar-refractivity contribution in [2.45, 2.75) is 6.92 Å². The van der Waals surface area contributed by atoms with Crippen LogP contribution in [0.3, 0.4) is 0 Å². The summed E-state index contributed by atoms with van der Waals surface area (Å²) >= 11 is 11.5. The minimum Gasteiger partial charge on any atom is -0.354 e. The van der Waals surface area contributed by atoms with Gasteiger partial charge in [-0.05, 0) is 19.1 Å². The summed E-state index contributed by atoms with van der Waals surface area (Å²) in [5.74, 6) is 0.381. The standard InChI is InChI=1S/C17H12Cl2N4O3/c1-10(14-9-13(23-25-14)11-5-3-2-4-6-11)22-26-17(24)20-12-7-15(18)21-16(19)8-12/h2-9H,1H3,(H,20,21,24)/b22-10-. The zero-order valence-electron chi connectivity index (χ0n) is 13.4. The number of halogens is 2. The second kappa shape index (κ2) is 7.99. The van der Waals surface area contributed by atoms with Gasteiger partial charge < -0.3 is 4.52 Å². The number of oxime groups is 1. The number of hydrogen-bond acceptors (Lipinski definition) is 6. The van der Waals surface area contributed by atoms with Gasteiger partial charge in [-0.2, -0.15) is 0 Å². The molecule has 0 radical (unpaired) electrons. The van der Waals surface area contributed by atoms with Gasteiger partial charge in [0.1, 0.15) is 21.7 Å². The summed E-state index contributed by atoms with van der Waals surface area (Å²) in [7, 11) is 0. The highest BCUT2D eigenvalue weighted by Crippen LogP contribution is 2.20. The number of aromatic nitrogens is 2. The molecule has 7 nitrogen and oxygen atoms in total. The van der Waals surface area contributed by atoms with Gasteiger partial charge in [0.15, 0.2) is 5.76 Å². The average Bonchev–Trinajstić information content (AvgIpc) is 3.10. The molecule has 0 saturated carbocycles. The summed E-state index contributed by atoms with van der Waals surface area (Å²) in [6.45, 7) is 1.63. The molecule has 1 N–H and O–H groups in total. The Morgan fingerprint density at radius 3 is 2.54 bits per heavy atom. The number of anilines is 1. The van der Waals surface area contributed by atoms with Crippen LogP contribution in [0.15, 0.2) is 58.2 Å². The summed E-state index contributed by atoms with van der Waals surface area (Å²) in [6, 6.07) is 14.1. The van der Waals surface area contributed by atoms with Crippen molar-refractivity contribution in [2.75, 3.05) is 5.32 Å². The molecule has 0 aliphatic carbocycles. The number of nitrogens with one attached hydrogen (secondary N) is 1. The molecule has 132 valence electrons. The fourth-order valence-electron chi connectivity index (χ4n) is 2.02. The Labute approximate surface area is 158 Å². The van der Waals surface area contributed by atoms with Crippen molar-refractivity contribution in [3.8, 4) is 11.3 Å². The number of carbonyl (C=O) groups is 1. The Kier molecular flexibility index (Phi) is 5.50. The molecule has 0 aliphatic heterocycles. The van der Waals surface area contributed by atoms with Gasteiger partial charge >= 0.3 is 6.09 Å². The van der Waals surface area contributed by atoms with E-state index in [4.69, 9.17) is 32.6 Å². The third-order valence-electron chi connectivity index (χ3n) is 3.21. The van der Waals surface area contributed by atoms with E-state index in [2.05, 4.69) is 20.6 Å². The van der Waals surface area contributed by atoms with Crippen LogP contribution in [0.2, 0.25) is 10.3 Å². The van der Waals surface area contributed by atoms with Gasteiger partial charge in [-0.1, -0.05) is 63.8 Å². The molecular formula is C17H12Cl2N4O3. The molecule has 0 spiro atoms. The van der Waals surface area contributed by atoms with Gasteiger partial charge in [-0.15, -0.1) is 0 Å². The molecule has 3 aromatic rings. The van der Waals surface area contributed by atoms with E-state index in [0.29, 0.717) is 22.9 Å². The summed E-state index contributed by atoms with van der Waals surface area (Å²) in [5.41, 5.74) is 2.24. The monoisotopic (exact) mass is 390 g/mol. The molecule has 1 aromatic carbocycles. The molecule has 1 amide bonds. The number of benzene rings is 1. The number of hydrogen-bond donors (Lipinski definition) is 1. The van der Waals surface area contributed by atoms with Crippen LogP contribution in [0.5, 0.6) is 0 Å². The van der Waals surface area contributed by atoms with Crippen molar-refractivity contribution in [3.63, 3.8) is 0 Å². The summed E-state index contributed by atoms with van der Waals surface area (Å²) < 4.78 is 5.23. The first kappa shape index (κ1) is 17.9. The van der Waals surface area contributed by atoms with E-state index in [0.717, 1.165) is 5.56 Å². The summed E-state index contributed by atoms with van der Waals surface area (Å²) in [6.07, 6.45) is -0.814. The molecule has 0 saturated heterocycles. The minimum absolute atomic E-state index is 0.141. The van der Waals surface area contributed by atoms with Gasteiger partial charge in [0.2, 0.25) is 0 Å². The first-order valence-electron chi connectivity index (χ1n) is 7.39. The van der Waals surface area contributed by atoms with Crippen molar-refractivity contribution in [1.29, 1.82) is 0 Å². The van der Waals surface area contributed by atoms with Crippen LogP contribution in [0.25, 0.3) is 11.3 Å². The van der Waals surface area contributed by atoms with E-state index in [1.54, 1.807) is 13.0 Å². The quantitative estimate of drug-likeness (QED) is 0.292. The first-order valence-corrected chi connectivity index (χ1v) is 8.15. The number of pyridine rings is 1. The van der Waals surface area contributed by atoms with Crippen LogP contribution < -0.4 is 5.32 Å². The van der Waals surface area contributed by atoms with Crippen LogP contribution in [-0.4, -0.2) is 21.9 Å². The second-order valence-electron chi connectivity index (χ2n) is 5.12. The fraction of sp³-hybridized carbons (Fsp3) is 0.0588. The Morgan fingerprint density at radius 1 is 1.15 bits per heavy atom. The molecule has 9 heteroatoms. The van der Waals surface area contributed by atoms with Crippen LogP contribution in [-0.2, 0) is 4.84 Å². The van der Waals surface area contributed by atoms with E-state index in [1.165, 1.54) is 12.1 Å². The molecule has 2 aromatic heterocycles. The average molecular weight is 391 g/mol. The Balaban J connectivity index is 1.65. The Morgan fingerprint density at radius 2 is 1.85 bits per heavy atom. The van der Waals surface area contributed by atoms with Crippen LogP contribution in [0.1, 0.15) is 12.7 Å². The van der Waals surface area contributed by atoms with E-state index in [1.807, 2.05) is 30.3 Å². The van der Waals surface area contributed by atoms with Crippen molar-refractivity contribution < 1.29 is 14.2 Å². The molecule has 3 rings (SSSR count). The van der Waals surface area contributed by atoms with Crippen LogP contribution >= 0.6 is 23.2 Å². The lowest BCUT2D eigenvalue weighted by Gasteiger charge is -2.03. The highest BCUT2D eigenvalue weighted by atomic mass is 35.5. The maximum Gasteiger partial charge on any atom is 0.437 e. The molecule has 2 heterocycles. The van der Waals surface area contributed by atoms with Gasteiger partial charge in [0.05, 0.1) is 5.69 Å². The van der Waals surface area contributed by atoms with E-state index in [-0.39, 0.29) is 10.3 Å². The molecule has 0 fully saturated rings. The predicted octanol–water partition coefficient (Wildman–Crippen LogP) is 5.02. The number of amides is 1. The number of nitrogens with zero attached hydrogens (tertiary/aromatic N) is 3. The zero-order chi connectivity index (χ0) is 18.5. The minimum atomic E-state index is -0.814. The lowest BCUT2D eigenvalue weighted by Crippen LogP contribution is -2.12. The Hall–Kier alpha value is -2.90. The third-order valence-corrected chi connectivity index (χ3v) is 3.60. The predicted molar refractivity (Wildman–Crippen MR) is 98.5 cm³/mol. The largest absolute Gasteiger partial charge is 0.437 e. The molecular weight excluding hydrogens is 379 g/mol. The van der Waals surface area contributed by atoms with Crippen molar-refractivity contribution in [2.24, 2.45) is 5.16 Å². The maximum atomic E-state index is 11.8. The second-order valence-corrected chi connectivity index (χ2v) is 5.90. The molecule has 26 heavy (non-hydrogen) atoms. The normalized spacial score (nSPS) is 11.3. The van der Waals surface area contributed by atoms with E-state index < -0.39 is 6.09 Å². The van der Waals surface area contributed by atoms with Crippen molar-refractivity contribution in [1.82, 2.24) is 10.1 Å². The molecule has 0 bridgehead atoms. The van der Waals surface area contributed by atoms with Gasteiger partial charge in [0.25, 0.3) is 0 Å². The zero-order valence-corrected chi connectivity index (χ0v) is 15.0. The SMILES string of the molecule is C/C(=N/OC(=O)Nc1cc(Cl)nc(Cl)c1)c1cc(-c2ccccc2)no1. The highest BCUT2D eigenvalue weighted by molar-refractivity contribution is 6.32. The fourth-order valence-corrected chi connectivity index (χ4v) is 2.48. The molecule has 0 atom stereocenters. The van der Waals surface area contributed by atoms with Crippen molar-refractivity contribution >= 4 is 40.7 Å². The number of rotatable bonds is 4. The van der Waals surface area contributed by atoms with Gasteiger partial charge in [-0.25, -0.2) is 9.78 Å². The molecule has 0 aliphatic rings. The highest BCUT2D eigenvalue weighted by Gasteiger charge is 2.11. The van der Waals surface area contributed by atoms with Crippen LogP contribution in [0, 0.1) is 0 Å². The van der Waals surface area contributed by atoms with E-state index in [9.17, 15) is 4.79 Å². The lowest BCUT2D eigenvalue weighted by molar-refractivity contribution is 0.166. The van der Waals surface area contributed by atoms with Gasteiger partial charge in [-0.3, -0.25) is 10.2 Å². The molecule has 0 unspecified atom stereocenters. The summed E-state index contributed by atoms with van der Waals surface area (Å²) in [4.78, 5) is 20.4. The van der Waals surface area contributed by atoms with Gasteiger partial charge in [0, 0.05) is 11.6 Å². The maximum absolute atomic E-state index is 11.8. The summed E-state index contributed by atoms with van der Waals surface area (Å²) in [5, 5.41) is 10.4. The third kappa shape index (κ3) is 4.59. The van der Waals surface area contributed by atoms with Crippen LogP contribution in [0.4, 0.5) is 10.5 Å². The smallest absolute Gasteiger partial charge is 0.354 e. The Bertz CT molecular complexity index is 937. The lowest BCUT2D eigenvalue weighted by atomic mass is 10.1. The first-order chi connectivity index (χ1) is 12.5. The van der Waals surface area contributed by atoms with E-state index >= 15 is 0 Å².